The van der Waals surface area contributed by atoms with E-state index >= 15 is 13.2 Å². The molecule has 1 unspecified atom stereocenters. The second-order valence-electron chi connectivity index (χ2n) is 13.2. The number of hydrogen-bond donors (Lipinski definition) is 0. The fourth-order valence-corrected chi connectivity index (χ4v) is 24.4. The number of benzene rings is 6. The summed E-state index contributed by atoms with van der Waals surface area (Å²) in [7, 11) is -15.4. The zero-order valence-electron chi connectivity index (χ0n) is 30.3. The predicted octanol–water partition coefficient (Wildman–Crippen LogP) is 9.02. The minimum atomic E-state index is -6.72. The molecule has 1 atom stereocenters. The molecule has 0 heterocycles. The van der Waals surface area contributed by atoms with Gasteiger partial charge in [-0.25, -0.2) is 0 Å². The van der Waals surface area contributed by atoms with E-state index in [4.69, 9.17) is 0 Å². The number of halogens is 6. The predicted molar refractivity (Wildman–Crippen MR) is 224 cm³/mol. The number of rotatable bonds is 13. The van der Waals surface area contributed by atoms with Gasteiger partial charge in [0.05, 0.1) is 0 Å². The van der Waals surface area contributed by atoms with E-state index in [2.05, 4.69) is 0 Å². The maximum absolute atomic E-state index is 15.1. The molecule has 0 saturated heterocycles. The van der Waals surface area contributed by atoms with Crippen molar-refractivity contribution < 1.29 is 34.8 Å². The van der Waals surface area contributed by atoms with Gasteiger partial charge in [0, 0.05) is 0 Å². The molecule has 0 fully saturated rings. The first kappa shape index (κ1) is 41.6. The van der Waals surface area contributed by atoms with Gasteiger partial charge >= 0.3 is 330 Å². The summed E-state index contributed by atoms with van der Waals surface area (Å²) in [5.74, 6) is 0. The van der Waals surface area contributed by atoms with E-state index in [0.717, 1.165) is 0 Å². The molecule has 4 nitrogen and oxygen atoms in total. The number of sulfonamides is 1. The van der Waals surface area contributed by atoms with Gasteiger partial charge in [-0.3, -0.25) is 0 Å². The van der Waals surface area contributed by atoms with Crippen molar-refractivity contribution in [1.82, 2.24) is 8.15 Å². The van der Waals surface area contributed by atoms with Gasteiger partial charge in [-0.1, -0.05) is 0 Å². The van der Waals surface area contributed by atoms with Gasteiger partial charge in [0.2, 0.25) is 0 Å². The molecule has 0 radical (unpaired) electrons. The quantitative estimate of drug-likeness (QED) is 0.0504. The minimum absolute atomic E-state index is 0.396. The molecule has 0 bridgehead atoms. The van der Waals surface area contributed by atoms with E-state index in [-0.39, 0.29) is 0 Å². The summed E-state index contributed by atoms with van der Waals surface area (Å²) in [6.45, 7) is 2.67. The van der Waals surface area contributed by atoms with Crippen molar-refractivity contribution in [1.29, 1.82) is 0 Å². The summed E-state index contributed by atoms with van der Waals surface area (Å²) in [4.78, 5) is 0. The van der Waals surface area contributed by atoms with E-state index in [1.165, 1.54) is 13.8 Å². The van der Waals surface area contributed by atoms with Crippen LogP contribution in [0.25, 0.3) is 0 Å². The monoisotopic (exact) mass is 844 g/mol. The zero-order chi connectivity index (χ0) is 40.2. The Morgan fingerprint density at radius 3 is 0.893 bits per heavy atom. The standard InChI is InChI=1S/C42H40F6N2O2P2S2/c1-3-40(2,50(55-41(43,44)45)56(51,52)42(46,47)48)49(53(34-22-10-4-11-23-34,35-24-12-5-13-25-35)36-26-14-6-15-27-36)54(37-28-16-7-17-29-37,38-30-18-8-19-31-38)39-32-20-9-21-33-39/h4-33,53-54H,3H2,1-2H3. The van der Waals surface area contributed by atoms with Gasteiger partial charge in [0.1, 0.15) is 0 Å². The third kappa shape index (κ3) is 7.44. The topological polar surface area (TPSA) is 40.6 Å². The van der Waals surface area contributed by atoms with Gasteiger partial charge in [0.15, 0.2) is 0 Å². The van der Waals surface area contributed by atoms with Crippen LogP contribution in [0.15, 0.2) is 182 Å². The van der Waals surface area contributed by atoms with Gasteiger partial charge in [-0.2, -0.15) is 0 Å². The summed E-state index contributed by atoms with van der Waals surface area (Å²) in [6.07, 6.45) is -0.492. The Balaban J connectivity index is 2.02. The number of alkyl halides is 6. The molecule has 0 aliphatic heterocycles. The number of hydrogen-bond acceptors (Lipinski definition) is 4. The van der Waals surface area contributed by atoms with Crippen molar-refractivity contribution in [3.05, 3.63) is 182 Å². The van der Waals surface area contributed by atoms with Crippen LogP contribution >= 0.6 is 26.8 Å². The Morgan fingerprint density at radius 2 is 0.714 bits per heavy atom. The molecule has 0 saturated carbocycles. The van der Waals surface area contributed by atoms with Crippen LogP contribution in [0.2, 0.25) is 0 Å². The maximum atomic E-state index is 15.1. The molecule has 6 aromatic rings. The van der Waals surface area contributed by atoms with Gasteiger partial charge in [-0.05, 0) is 0 Å². The molecule has 6 aromatic carbocycles. The van der Waals surface area contributed by atoms with E-state index in [9.17, 15) is 21.6 Å². The van der Waals surface area contributed by atoms with Crippen LogP contribution in [0.5, 0.6) is 0 Å². The van der Waals surface area contributed by atoms with Crippen molar-refractivity contribution >= 4 is 68.6 Å². The van der Waals surface area contributed by atoms with E-state index in [1.807, 2.05) is 77.2 Å². The van der Waals surface area contributed by atoms with E-state index in [0.29, 0.717) is 31.8 Å². The van der Waals surface area contributed by atoms with Gasteiger partial charge in [0.25, 0.3) is 0 Å². The molecular formula is C42H40F6N2O2P2S2. The van der Waals surface area contributed by atoms with Crippen LogP contribution in [0.3, 0.4) is 0 Å². The summed E-state index contributed by atoms with van der Waals surface area (Å²) in [6, 6.07) is 54.3. The third-order valence-electron chi connectivity index (χ3n) is 10.1. The Hall–Kier alpha value is -4.02. The molecule has 0 aromatic heterocycles. The molecule has 0 N–H and O–H groups in total. The molecule has 56 heavy (non-hydrogen) atoms. The Bertz CT molecular complexity index is 1970. The summed E-state index contributed by atoms with van der Waals surface area (Å²) < 4.78 is 120. The van der Waals surface area contributed by atoms with Crippen LogP contribution < -0.4 is 31.8 Å². The van der Waals surface area contributed by atoms with Crippen molar-refractivity contribution in [2.24, 2.45) is 0 Å². The Labute approximate surface area is 329 Å². The molecule has 0 amide bonds. The van der Waals surface area contributed by atoms with Crippen molar-refractivity contribution in [3.8, 4) is 0 Å². The number of nitrogens with zero attached hydrogens (tertiary/aromatic N) is 2. The second-order valence-corrected chi connectivity index (χ2v) is 23.9. The summed E-state index contributed by atoms with van der Waals surface area (Å²) in [5, 5.41) is 3.74. The first-order valence-electron chi connectivity index (χ1n) is 17.7. The second kappa shape index (κ2) is 16.5. The summed E-state index contributed by atoms with van der Waals surface area (Å²) in [5.41, 5.74) is -14.1. The fraction of sp³-hybridized carbons (Fsp3) is 0.143. The van der Waals surface area contributed by atoms with Crippen LogP contribution in [0.1, 0.15) is 20.3 Å². The van der Waals surface area contributed by atoms with Crippen molar-refractivity contribution in [3.63, 3.8) is 0 Å². The van der Waals surface area contributed by atoms with Crippen LogP contribution in [0.4, 0.5) is 26.3 Å². The van der Waals surface area contributed by atoms with E-state index in [1.54, 1.807) is 109 Å². The van der Waals surface area contributed by atoms with E-state index < -0.39 is 63.6 Å². The first-order chi connectivity index (χ1) is 26.6. The summed E-state index contributed by atoms with van der Waals surface area (Å²) >= 11 is -1.27. The average molecular weight is 845 g/mol. The van der Waals surface area contributed by atoms with Crippen molar-refractivity contribution in [2.75, 3.05) is 0 Å². The molecule has 0 spiro atoms. The molecule has 14 heteroatoms. The van der Waals surface area contributed by atoms with Crippen LogP contribution in [-0.4, -0.2) is 33.2 Å². The zero-order valence-corrected chi connectivity index (χ0v) is 34.0. The molecule has 0 aliphatic carbocycles. The molecule has 294 valence electrons. The van der Waals surface area contributed by atoms with Crippen molar-refractivity contribution in [2.45, 2.75) is 36.9 Å². The van der Waals surface area contributed by atoms with Gasteiger partial charge in [-0.15, -0.1) is 0 Å². The molecular weight excluding hydrogens is 805 g/mol. The molecule has 6 rings (SSSR count). The van der Waals surface area contributed by atoms with Crippen LogP contribution in [0, 0.1) is 0 Å². The average Bonchev–Trinajstić information content (AvgIpc) is 3.21. The Morgan fingerprint density at radius 1 is 0.482 bits per heavy atom. The SMILES string of the molecule is CCC(C)(N([PH](c1ccccc1)(c1ccccc1)c1ccccc1)[PH](c1ccccc1)(c1ccccc1)c1ccccc1)N(SC(F)(F)F)S(=O)(=O)C(F)(F)F. The normalized spacial score (nSPS) is 14.7. The fourth-order valence-electron chi connectivity index (χ4n) is 7.79. The van der Waals surface area contributed by atoms with Crippen LogP contribution in [-0.2, 0) is 10.0 Å². The first-order valence-corrected chi connectivity index (χ1v) is 23.8. The van der Waals surface area contributed by atoms with Gasteiger partial charge < -0.3 is 0 Å². The molecule has 0 aliphatic rings. The Kier molecular flexibility index (Phi) is 12.2. The third-order valence-corrected chi connectivity index (χ3v) is 24.4.